The number of aryl methyl sites for hydroxylation is 1. The molecule has 1 saturated carbocycles. The second-order valence-electron chi connectivity index (χ2n) is 5.42. The Morgan fingerprint density at radius 2 is 2.11 bits per heavy atom. The highest BCUT2D eigenvalue weighted by molar-refractivity contribution is 5.43. The van der Waals surface area contributed by atoms with Gasteiger partial charge >= 0.3 is 0 Å². The summed E-state index contributed by atoms with van der Waals surface area (Å²) in [4.78, 5) is 10.3. The quantitative estimate of drug-likeness (QED) is 0.777. The fourth-order valence-corrected chi connectivity index (χ4v) is 2.09. The van der Waals surface area contributed by atoms with E-state index in [1.54, 1.807) is 0 Å². The molecule has 1 aliphatic rings. The van der Waals surface area contributed by atoms with Crippen molar-refractivity contribution in [2.24, 2.45) is 5.92 Å². The molecule has 100 valence electrons. The van der Waals surface area contributed by atoms with E-state index in [0.717, 1.165) is 25.8 Å². The maximum Gasteiger partial charge on any atom is 0.187 e. The molecule has 0 aromatic carbocycles. The van der Waals surface area contributed by atoms with Crippen molar-refractivity contribution in [1.82, 2.24) is 9.97 Å². The van der Waals surface area contributed by atoms with E-state index in [0.29, 0.717) is 29.9 Å². The summed E-state index contributed by atoms with van der Waals surface area (Å²) in [5.74, 6) is 0.905. The predicted octanol–water partition coefficient (Wildman–Crippen LogP) is 3.19. The highest BCUT2D eigenvalue weighted by atomic mass is 19.1. The lowest BCUT2D eigenvalue weighted by atomic mass is 10.1. The molecular formula is C14H22FN3. The van der Waals surface area contributed by atoms with Crippen LogP contribution in [-0.4, -0.2) is 22.6 Å². The first-order valence-electron chi connectivity index (χ1n) is 6.89. The highest BCUT2D eigenvalue weighted by Crippen LogP contribution is 2.32. The Morgan fingerprint density at radius 3 is 2.67 bits per heavy atom. The van der Waals surface area contributed by atoms with Crippen molar-refractivity contribution < 1.29 is 4.39 Å². The largest absolute Gasteiger partial charge is 0.351 e. The number of hydrogen-bond donors (Lipinski definition) is 0. The molecule has 0 atom stereocenters. The maximum atomic E-state index is 14.3. The lowest BCUT2D eigenvalue weighted by molar-refractivity contribution is 0.546. The van der Waals surface area contributed by atoms with Gasteiger partial charge in [0, 0.05) is 12.6 Å². The fourth-order valence-electron chi connectivity index (χ4n) is 2.09. The van der Waals surface area contributed by atoms with Crippen molar-refractivity contribution in [3.8, 4) is 0 Å². The van der Waals surface area contributed by atoms with Gasteiger partial charge in [0.1, 0.15) is 6.33 Å². The van der Waals surface area contributed by atoms with Gasteiger partial charge in [0.15, 0.2) is 11.6 Å². The third-order valence-corrected chi connectivity index (χ3v) is 3.39. The molecule has 0 spiro atoms. The second-order valence-corrected chi connectivity index (χ2v) is 5.42. The van der Waals surface area contributed by atoms with Crippen LogP contribution in [0.5, 0.6) is 0 Å². The van der Waals surface area contributed by atoms with E-state index in [1.807, 2.05) is 6.92 Å². The molecule has 0 bridgehead atoms. The number of rotatable bonds is 6. The minimum Gasteiger partial charge on any atom is -0.351 e. The lowest BCUT2D eigenvalue weighted by Crippen LogP contribution is -2.30. The van der Waals surface area contributed by atoms with Crippen LogP contribution in [0.4, 0.5) is 10.2 Å². The molecule has 0 radical (unpaired) electrons. The van der Waals surface area contributed by atoms with Crippen LogP contribution in [0.25, 0.3) is 0 Å². The molecule has 1 aliphatic carbocycles. The van der Waals surface area contributed by atoms with Gasteiger partial charge in [-0.15, -0.1) is 0 Å². The Hall–Kier alpha value is -1.19. The summed E-state index contributed by atoms with van der Waals surface area (Å²) < 4.78 is 14.3. The molecule has 0 N–H and O–H groups in total. The molecule has 3 nitrogen and oxygen atoms in total. The lowest BCUT2D eigenvalue weighted by Gasteiger charge is -2.25. The minimum atomic E-state index is -0.226. The zero-order valence-corrected chi connectivity index (χ0v) is 11.5. The molecule has 18 heavy (non-hydrogen) atoms. The van der Waals surface area contributed by atoms with Crippen molar-refractivity contribution in [2.45, 2.75) is 52.5 Å². The topological polar surface area (TPSA) is 29.0 Å². The first kappa shape index (κ1) is 13.2. The van der Waals surface area contributed by atoms with Crippen LogP contribution in [0.1, 0.15) is 45.7 Å². The number of anilines is 1. The third-order valence-electron chi connectivity index (χ3n) is 3.39. The molecular weight excluding hydrogens is 229 g/mol. The Balaban J connectivity index is 2.19. The third kappa shape index (κ3) is 2.98. The van der Waals surface area contributed by atoms with E-state index >= 15 is 0 Å². The van der Waals surface area contributed by atoms with Gasteiger partial charge in [-0.2, -0.15) is 0 Å². The van der Waals surface area contributed by atoms with E-state index < -0.39 is 0 Å². The Morgan fingerprint density at radius 1 is 1.39 bits per heavy atom. The van der Waals surface area contributed by atoms with Gasteiger partial charge in [0.05, 0.1) is 5.69 Å². The van der Waals surface area contributed by atoms with Gasteiger partial charge in [-0.3, -0.25) is 0 Å². The first-order chi connectivity index (χ1) is 8.63. The predicted molar refractivity (Wildman–Crippen MR) is 71.2 cm³/mol. The smallest absolute Gasteiger partial charge is 0.187 e. The summed E-state index contributed by atoms with van der Waals surface area (Å²) in [6, 6.07) is 0.484. The van der Waals surface area contributed by atoms with E-state index in [4.69, 9.17) is 0 Å². The average molecular weight is 251 g/mol. The van der Waals surface area contributed by atoms with Crippen LogP contribution < -0.4 is 4.90 Å². The van der Waals surface area contributed by atoms with Crippen LogP contribution in [0, 0.1) is 11.7 Å². The van der Waals surface area contributed by atoms with Crippen molar-refractivity contribution in [3.63, 3.8) is 0 Å². The zero-order valence-electron chi connectivity index (χ0n) is 11.5. The molecule has 1 aromatic rings. The summed E-state index contributed by atoms with van der Waals surface area (Å²) in [6.07, 6.45) is 5.49. The van der Waals surface area contributed by atoms with Gasteiger partial charge < -0.3 is 4.90 Å². The Labute approximate surface area is 108 Å². The summed E-state index contributed by atoms with van der Waals surface area (Å²) in [7, 11) is 0. The summed E-state index contributed by atoms with van der Waals surface area (Å²) in [6.45, 7) is 7.20. The molecule has 0 unspecified atom stereocenters. The Kier molecular flexibility index (Phi) is 4.15. The van der Waals surface area contributed by atoms with E-state index in [2.05, 4.69) is 28.7 Å². The van der Waals surface area contributed by atoms with Gasteiger partial charge in [0.25, 0.3) is 0 Å². The molecule has 0 amide bonds. The maximum absolute atomic E-state index is 14.3. The summed E-state index contributed by atoms with van der Waals surface area (Å²) in [5, 5.41) is 0. The highest BCUT2D eigenvalue weighted by Gasteiger charge is 2.32. The van der Waals surface area contributed by atoms with Crippen LogP contribution in [0.3, 0.4) is 0 Å². The van der Waals surface area contributed by atoms with E-state index in [9.17, 15) is 4.39 Å². The summed E-state index contributed by atoms with van der Waals surface area (Å²) in [5.41, 5.74) is 0.523. The van der Waals surface area contributed by atoms with Crippen LogP contribution >= 0.6 is 0 Å². The van der Waals surface area contributed by atoms with Gasteiger partial charge in [-0.05, 0) is 31.6 Å². The van der Waals surface area contributed by atoms with Gasteiger partial charge in [-0.1, -0.05) is 20.8 Å². The van der Waals surface area contributed by atoms with Crippen molar-refractivity contribution in [1.29, 1.82) is 0 Å². The van der Waals surface area contributed by atoms with Crippen molar-refractivity contribution >= 4 is 5.82 Å². The molecule has 0 saturated heterocycles. The standard InChI is InChI=1S/C14H22FN3/c1-4-12-13(15)14(17-9-16-12)18(11-5-6-11)8-7-10(2)3/h9-11H,4-8H2,1-3H3. The van der Waals surface area contributed by atoms with Crippen molar-refractivity contribution in [2.75, 3.05) is 11.4 Å². The van der Waals surface area contributed by atoms with Crippen LogP contribution in [-0.2, 0) is 6.42 Å². The molecule has 4 heteroatoms. The normalized spacial score (nSPS) is 15.2. The van der Waals surface area contributed by atoms with E-state index in [-0.39, 0.29) is 5.82 Å². The van der Waals surface area contributed by atoms with Crippen LogP contribution in [0.2, 0.25) is 0 Å². The zero-order chi connectivity index (χ0) is 13.1. The minimum absolute atomic E-state index is 0.226. The van der Waals surface area contributed by atoms with Gasteiger partial charge in [-0.25, -0.2) is 14.4 Å². The Bertz CT molecular complexity index is 402. The molecule has 1 heterocycles. The number of aromatic nitrogens is 2. The number of hydrogen-bond acceptors (Lipinski definition) is 3. The molecule has 0 aliphatic heterocycles. The molecule has 1 aromatic heterocycles. The number of halogens is 1. The first-order valence-corrected chi connectivity index (χ1v) is 6.89. The monoisotopic (exact) mass is 251 g/mol. The fraction of sp³-hybridized carbons (Fsp3) is 0.714. The molecule has 2 rings (SSSR count). The summed E-state index contributed by atoms with van der Waals surface area (Å²) >= 11 is 0. The molecule has 1 fully saturated rings. The second kappa shape index (κ2) is 5.63. The SMILES string of the molecule is CCc1ncnc(N(CCC(C)C)C2CC2)c1F. The van der Waals surface area contributed by atoms with Crippen LogP contribution in [0.15, 0.2) is 6.33 Å². The average Bonchev–Trinajstić information content (AvgIpc) is 3.15. The van der Waals surface area contributed by atoms with Crippen molar-refractivity contribution in [3.05, 3.63) is 17.8 Å². The van der Waals surface area contributed by atoms with E-state index in [1.165, 1.54) is 6.33 Å². The number of nitrogens with zero attached hydrogens (tertiary/aromatic N) is 3. The van der Waals surface area contributed by atoms with Gasteiger partial charge in [0.2, 0.25) is 0 Å².